The molecule has 0 aliphatic carbocycles. The molecule has 0 saturated carbocycles. The Bertz CT molecular complexity index is 488. The quantitative estimate of drug-likeness (QED) is 0.820. The molecule has 7 heteroatoms. The summed E-state index contributed by atoms with van der Waals surface area (Å²) in [4.78, 5) is 11.4. The molecule has 3 N–H and O–H groups in total. The van der Waals surface area contributed by atoms with E-state index in [1.165, 1.54) is 0 Å². The second-order valence-electron chi connectivity index (χ2n) is 4.58. The predicted molar refractivity (Wildman–Crippen MR) is 66.2 cm³/mol. The number of nitrogens with two attached hydrogens (primary N) is 1. The zero-order valence-electron chi connectivity index (χ0n) is 11.1. The molecule has 112 valence electrons. The van der Waals surface area contributed by atoms with Crippen molar-refractivity contribution >= 4 is 5.91 Å². The van der Waals surface area contributed by atoms with Crippen LogP contribution in [0, 0.1) is 5.82 Å². The molecule has 1 aromatic rings. The van der Waals surface area contributed by atoms with E-state index in [4.69, 9.17) is 5.73 Å². The van der Waals surface area contributed by atoms with E-state index in [1.54, 1.807) is 6.92 Å². The summed E-state index contributed by atoms with van der Waals surface area (Å²) < 4.78 is 51.2. The van der Waals surface area contributed by atoms with Gasteiger partial charge in [0.05, 0.1) is 5.56 Å². The number of amides is 1. The summed E-state index contributed by atoms with van der Waals surface area (Å²) >= 11 is 0. The third kappa shape index (κ3) is 4.19. The lowest BCUT2D eigenvalue weighted by Gasteiger charge is -2.21. The van der Waals surface area contributed by atoms with Gasteiger partial charge in [0, 0.05) is 6.04 Å². The molecule has 3 nitrogen and oxygen atoms in total. The van der Waals surface area contributed by atoms with Crippen molar-refractivity contribution in [1.82, 2.24) is 5.32 Å². The summed E-state index contributed by atoms with van der Waals surface area (Å²) in [5, 5.41) is 2.78. The highest BCUT2D eigenvalue weighted by Crippen LogP contribution is 2.31. The third-order valence-corrected chi connectivity index (χ3v) is 2.93. The Balaban J connectivity index is 3.20. The summed E-state index contributed by atoms with van der Waals surface area (Å²) in [6.07, 6.45) is -4.04. The predicted octanol–water partition coefficient (Wildman–Crippen LogP) is 2.76. The zero-order valence-corrected chi connectivity index (χ0v) is 11.1. The number of carbonyl (C=O) groups is 1. The Kier molecular flexibility index (Phi) is 5.10. The Hall–Kier alpha value is -1.63. The number of benzene rings is 1. The third-order valence-electron chi connectivity index (χ3n) is 2.93. The first-order chi connectivity index (χ1) is 9.15. The standard InChI is InChI=1S/C13H16F4N2O/c1-3-7(2)19-11(12(18)20)8-4-9(13(15,16)17)6-10(14)5-8/h4-7,11,19H,3H2,1-2H3,(H2,18,20). The second kappa shape index (κ2) is 6.21. The molecule has 0 spiro atoms. The van der Waals surface area contributed by atoms with Gasteiger partial charge in [-0.15, -0.1) is 0 Å². The van der Waals surface area contributed by atoms with E-state index in [9.17, 15) is 22.4 Å². The van der Waals surface area contributed by atoms with Crippen molar-refractivity contribution in [3.63, 3.8) is 0 Å². The van der Waals surface area contributed by atoms with Crippen molar-refractivity contribution in [2.24, 2.45) is 5.73 Å². The van der Waals surface area contributed by atoms with Gasteiger partial charge in [0.2, 0.25) is 5.91 Å². The number of halogens is 4. The Morgan fingerprint density at radius 1 is 1.35 bits per heavy atom. The molecular weight excluding hydrogens is 276 g/mol. The molecule has 1 aromatic carbocycles. The smallest absolute Gasteiger partial charge is 0.368 e. The SMILES string of the molecule is CCC(C)NC(C(N)=O)c1cc(F)cc(C(F)(F)F)c1. The second-order valence-corrected chi connectivity index (χ2v) is 4.58. The van der Waals surface area contributed by atoms with Gasteiger partial charge in [-0.3, -0.25) is 10.1 Å². The fourth-order valence-electron chi connectivity index (χ4n) is 1.69. The van der Waals surface area contributed by atoms with Gasteiger partial charge >= 0.3 is 6.18 Å². The van der Waals surface area contributed by atoms with Crippen LogP contribution in [0.4, 0.5) is 17.6 Å². The first-order valence-electron chi connectivity index (χ1n) is 6.08. The Labute approximate surface area is 114 Å². The molecule has 0 fully saturated rings. The number of rotatable bonds is 5. The first-order valence-corrected chi connectivity index (χ1v) is 6.08. The van der Waals surface area contributed by atoms with Gasteiger partial charge in [-0.25, -0.2) is 4.39 Å². The summed E-state index contributed by atoms with van der Waals surface area (Å²) in [5.41, 5.74) is 3.89. The monoisotopic (exact) mass is 292 g/mol. The minimum Gasteiger partial charge on any atom is -0.368 e. The Morgan fingerprint density at radius 2 is 1.95 bits per heavy atom. The largest absolute Gasteiger partial charge is 0.416 e. The fraction of sp³-hybridized carbons (Fsp3) is 0.462. The van der Waals surface area contributed by atoms with E-state index >= 15 is 0 Å². The van der Waals surface area contributed by atoms with Crippen molar-refractivity contribution in [2.75, 3.05) is 0 Å². The molecule has 0 heterocycles. The van der Waals surface area contributed by atoms with Crippen LogP contribution in [0.25, 0.3) is 0 Å². The zero-order chi connectivity index (χ0) is 15.5. The molecule has 0 radical (unpaired) electrons. The van der Waals surface area contributed by atoms with Crippen molar-refractivity contribution < 1.29 is 22.4 Å². The minimum absolute atomic E-state index is 0.134. The highest BCUT2D eigenvalue weighted by molar-refractivity contribution is 5.81. The molecular formula is C13H16F4N2O. The first kappa shape index (κ1) is 16.4. The minimum atomic E-state index is -4.69. The number of primary amides is 1. The van der Waals surface area contributed by atoms with E-state index in [1.807, 2.05) is 6.92 Å². The molecule has 1 rings (SSSR count). The van der Waals surface area contributed by atoms with Crippen LogP contribution < -0.4 is 11.1 Å². The van der Waals surface area contributed by atoms with Gasteiger partial charge < -0.3 is 5.73 Å². The van der Waals surface area contributed by atoms with E-state index in [-0.39, 0.29) is 11.6 Å². The lowest BCUT2D eigenvalue weighted by atomic mass is 10.0. The van der Waals surface area contributed by atoms with Crippen LogP contribution >= 0.6 is 0 Å². The molecule has 0 bridgehead atoms. The molecule has 20 heavy (non-hydrogen) atoms. The molecule has 0 aromatic heterocycles. The lowest BCUT2D eigenvalue weighted by molar-refractivity contribution is -0.138. The van der Waals surface area contributed by atoms with Gasteiger partial charge in [-0.05, 0) is 37.1 Å². The van der Waals surface area contributed by atoms with Gasteiger partial charge in [0.15, 0.2) is 0 Å². The molecule has 0 aliphatic rings. The number of hydrogen-bond donors (Lipinski definition) is 2. The molecule has 1 amide bonds. The van der Waals surface area contributed by atoms with Crippen molar-refractivity contribution in [1.29, 1.82) is 0 Å². The van der Waals surface area contributed by atoms with Crippen LogP contribution in [-0.4, -0.2) is 11.9 Å². The van der Waals surface area contributed by atoms with Crippen molar-refractivity contribution in [2.45, 2.75) is 38.5 Å². The molecule has 2 atom stereocenters. The highest BCUT2D eigenvalue weighted by atomic mass is 19.4. The summed E-state index contributed by atoms with van der Waals surface area (Å²) in [7, 11) is 0. The van der Waals surface area contributed by atoms with Gasteiger partial charge in [-0.1, -0.05) is 6.92 Å². The average Bonchev–Trinajstić information content (AvgIpc) is 2.33. The number of carbonyl (C=O) groups excluding carboxylic acids is 1. The van der Waals surface area contributed by atoms with Crippen molar-refractivity contribution in [3.8, 4) is 0 Å². The molecule has 0 aliphatic heterocycles. The van der Waals surface area contributed by atoms with Gasteiger partial charge in [-0.2, -0.15) is 13.2 Å². The maximum Gasteiger partial charge on any atom is 0.416 e. The van der Waals surface area contributed by atoms with Crippen LogP contribution in [0.3, 0.4) is 0 Å². The number of alkyl halides is 3. The average molecular weight is 292 g/mol. The lowest BCUT2D eigenvalue weighted by Crippen LogP contribution is -2.38. The Morgan fingerprint density at radius 3 is 2.40 bits per heavy atom. The van der Waals surface area contributed by atoms with Crippen LogP contribution in [0.1, 0.15) is 37.4 Å². The maximum atomic E-state index is 13.3. The molecule has 0 saturated heterocycles. The van der Waals surface area contributed by atoms with E-state index in [2.05, 4.69) is 5.32 Å². The van der Waals surface area contributed by atoms with Crippen LogP contribution in [0.2, 0.25) is 0 Å². The van der Waals surface area contributed by atoms with Crippen molar-refractivity contribution in [3.05, 3.63) is 35.1 Å². The van der Waals surface area contributed by atoms with Gasteiger partial charge in [0.25, 0.3) is 0 Å². The maximum absolute atomic E-state index is 13.3. The topological polar surface area (TPSA) is 55.1 Å². The van der Waals surface area contributed by atoms with Crippen LogP contribution in [0.5, 0.6) is 0 Å². The van der Waals surface area contributed by atoms with Crippen LogP contribution in [0.15, 0.2) is 18.2 Å². The molecule has 2 unspecified atom stereocenters. The summed E-state index contributed by atoms with van der Waals surface area (Å²) in [5.74, 6) is -1.92. The summed E-state index contributed by atoms with van der Waals surface area (Å²) in [6.45, 7) is 3.59. The summed E-state index contributed by atoms with van der Waals surface area (Å²) in [6, 6.07) is 0.672. The van der Waals surface area contributed by atoms with E-state index in [0.717, 1.165) is 12.1 Å². The van der Waals surface area contributed by atoms with E-state index in [0.29, 0.717) is 12.5 Å². The highest BCUT2D eigenvalue weighted by Gasteiger charge is 2.32. The van der Waals surface area contributed by atoms with Gasteiger partial charge in [0.1, 0.15) is 11.9 Å². The normalized spacial score (nSPS) is 14.9. The van der Waals surface area contributed by atoms with E-state index < -0.39 is 29.5 Å². The number of nitrogens with one attached hydrogen (secondary N) is 1. The number of hydrogen-bond acceptors (Lipinski definition) is 2. The fourth-order valence-corrected chi connectivity index (χ4v) is 1.69. The van der Waals surface area contributed by atoms with Crippen LogP contribution in [-0.2, 0) is 11.0 Å².